The smallest absolute Gasteiger partial charge is 0.245 e. The van der Waals surface area contributed by atoms with Gasteiger partial charge in [0.2, 0.25) is 65.0 Å². The highest BCUT2D eigenvalue weighted by molar-refractivity contribution is 5.99. The number of hydrogen-bond donors (Lipinski definition) is 16. The fraction of sp³-hybridized carbons (Fsp3) is 0.696. The molecule has 0 spiro atoms. The second kappa shape index (κ2) is 37.5. The Morgan fingerprint density at radius 3 is 1.60 bits per heavy atom. The molecular weight excluding hydrogens is 1090 g/mol. The first-order valence-corrected chi connectivity index (χ1v) is 29.5. The second-order valence-corrected chi connectivity index (χ2v) is 22.1. The highest BCUT2D eigenvalue weighted by Crippen LogP contribution is 2.16. The largest absolute Gasteiger partial charge is 0.370 e. The molecule has 0 aromatic heterocycles. The van der Waals surface area contributed by atoms with Gasteiger partial charge in [-0.3, -0.25) is 52.7 Å². The predicted octanol–water partition coefficient (Wildman–Crippen LogP) is -4.20. The molecule has 2 aliphatic rings. The first kappa shape index (κ1) is 71.4. The lowest BCUT2D eigenvalue weighted by Gasteiger charge is -2.33. The molecule has 2 heterocycles. The molecule has 2 bridgehead atoms. The molecule has 1 aromatic rings. The van der Waals surface area contributed by atoms with Crippen LogP contribution in [-0.2, 0) is 63.9 Å². The van der Waals surface area contributed by atoms with Crippen LogP contribution in [0.25, 0.3) is 0 Å². The predicted molar refractivity (Wildman–Crippen MR) is 313 cm³/mol. The van der Waals surface area contributed by atoms with Gasteiger partial charge in [-0.05, 0) is 115 Å². The van der Waals surface area contributed by atoms with Crippen molar-refractivity contribution in [2.24, 2.45) is 40.5 Å². The number of nitrogens with one attached hydrogen (secondary N) is 11. The van der Waals surface area contributed by atoms with E-state index in [4.69, 9.17) is 33.4 Å². The summed E-state index contributed by atoms with van der Waals surface area (Å²) in [5, 5.41) is 29.2. The minimum atomic E-state index is -1.70. The maximum atomic E-state index is 14.6. The minimum absolute atomic E-state index is 0.0454. The Labute approximate surface area is 492 Å². The molecule has 11 amide bonds. The lowest BCUT2D eigenvalue weighted by molar-refractivity contribution is -0.141. The number of hydrogen-bond acceptors (Lipinski definition) is 17. The van der Waals surface area contributed by atoms with Crippen LogP contribution in [0.15, 0.2) is 30.3 Å². The standard InChI is InChI=1S/C56H96N16O12/c1-7-32(4)13-11-12-16-44(73)63-36(17-23-57)51(78)72-46-34(6)84-33(5)45-55(82)62-28-22-41(67-48(75)39(20-26-60)68-56(46)83)50(77)64-38(19-25-59)49(76)70-43(30-35-14-9-8-10-15-35)54(81)69-42(29-31(2)3)53(80)66-37(18-24-58)47(74)65-40(21-27-61)52(79)71-45/h8-10,14-15,31-34,36-43,45-46H,7,11-13,16-30,57-61H2,1-6H3,(H,62,82)(H,63,73)(H,64,77)(H,65,74)(H,66,80)(H,67,75)(H,68,83)(H,69,81)(H,70,76)(H,71,79)(H,72,78). The van der Waals surface area contributed by atoms with Gasteiger partial charge in [0.1, 0.15) is 60.4 Å². The molecule has 28 nitrogen and oxygen atoms in total. The molecule has 0 saturated carbocycles. The van der Waals surface area contributed by atoms with Crippen molar-refractivity contribution in [3.8, 4) is 0 Å². The normalized spacial score (nSPS) is 26.6. The molecule has 472 valence electrons. The summed E-state index contributed by atoms with van der Waals surface area (Å²) in [4.78, 5) is 157. The second-order valence-electron chi connectivity index (χ2n) is 22.1. The third kappa shape index (κ3) is 24.0. The number of unbranched alkanes of at least 4 members (excludes halogenated alkanes) is 1. The molecule has 13 unspecified atom stereocenters. The fourth-order valence-corrected chi connectivity index (χ4v) is 9.60. The topological polar surface area (TPSA) is 459 Å². The molecule has 3 rings (SSSR count). The van der Waals surface area contributed by atoms with Crippen molar-refractivity contribution >= 4 is 65.0 Å². The molecule has 21 N–H and O–H groups in total. The number of ether oxygens (including phenoxy) is 1. The number of amides is 11. The van der Waals surface area contributed by atoms with E-state index in [0.717, 1.165) is 19.3 Å². The van der Waals surface area contributed by atoms with Gasteiger partial charge in [0, 0.05) is 19.4 Å². The summed E-state index contributed by atoms with van der Waals surface area (Å²) in [7, 11) is 0. The van der Waals surface area contributed by atoms with Crippen LogP contribution < -0.4 is 87.2 Å². The van der Waals surface area contributed by atoms with E-state index in [1.54, 1.807) is 44.2 Å². The molecule has 2 fully saturated rings. The van der Waals surface area contributed by atoms with Gasteiger partial charge in [0.15, 0.2) is 0 Å². The van der Waals surface area contributed by atoms with Crippen molar-refractivity contribution in [1.82, 2.24) is 58.5 Å². The van der Waals surface area contributed by atoms with Gasteiger partial charge in [0.25, 0.3) is 0 Å². The fourth-order valence-electron chi connectivity index (χ4n) is 9.60. The van der Waals surface area contributed by atoms with Gasteiger partial charge in [-0.1, -0.05) is 77.3 Å². The Hall–Kier alpha value is -6.85. The zero-order valence-corrected chi connectivity index (χ0v) is 49.7. The summed E-state index contributed by atoms with van der Waals surface area (Å²) in [6.07, 6.45) is -0.561. The van der Waals surface area contributed by atoms with Gasteiger partial charge in [-0.15, -0.1) is 0 Å². The molecule has 0 aliphatic carbocycles. The Balaban J connectivity index is 2.26. The van der Waals surface area contributed by atoms with E-state index in [2.05, 4.69) is 72.3 Å². The van der Waals surface area contributed by atoms with Gasteiger partial charge in [-0.2, -0.15) is 0 Å². The van der Waals surface area contributed by atoms with E-state index in [9.17, 15) is 52.7 Å². The lowest BCUT2D eigenvalue weighted by atomic mass is 10.00. The van der Waals surface area contributed by atoms with Gasteiger partial charge >= 0.3 is 0 Å². The summed E-state index contributed by atoms with van der Waals surface area (Å²) in [6, 6.07) is -5.94. The Morgan fingerprint density at radius 2 is 1.06 bits per heavy atom. The molecule has 84 heavy (non-hydrogen) atoms. The summed E-state index contributed by atoms with van der Waals surface area (Å²) < 4.78 is 6.33. The van der Waals surface area contributed by atoms with Crippen molar-refractivity contribution < 1.29 is 57.5 Å². The summed E-state index contributed by atoms with van der Waals surface area (Å²) in [6.45, 7) is 9.55. The van der Waals surface area contributed by atoms with Crippen LogP contribution in [0.5, 0.6) is 0 Å². The summed E-state index contributed by atoms with van der Waals surface area (Å²) in [5.74, 6) is -9.07. The Bertz CT molecular complexity index is 2330. The average Bonchev–Trinajstić information content (AvgIpc) is 3.57. The van der Waals surface area contributed by atoms with E-state index >= 15 is 0 Å². The Kier molecular flexibility index (Phi) is 31.8. The van der Waals surface area contributed by atoms with E-state index in [1.165, 1.54) is 13.8 Å². The van der Waals surface area contributed by atoms with Gasteiger partial charge in [-0.25, -0.2) is 0 Å². The van der Waals surface area contributed by atoms with Crippen molar-refractivity contribution in [1.29, 1.82) is 0 Å². The van der Waals surface area contributed by atoms with Crippen LogP contribution in [0.1, 0.15) is 124 Å². The summed E-state index contributed by atoms with van der Waals surface area (Å²) >= 11 is 0. The highest BCUT2D eigenvalue weighted by atomic mass is 16.5. The lowest BCUT2D eigenvalue weighted by Crippen LogP contribution is -2.63. The molecule has 2 saturated heterocycles. The number of benzene rings is 1. The first-order chi connectivity index (χ1) is 40.0. The minimum Gasteiger partial charge on any atom is -0.370 e. The molecule has 28 heteroatoms. The number of carbonyl (C=O) groups is 11. The number of carbonyl (C=O) groups excluding carboxylic acids is 11. The monoisotopic (exact) mass is 1180 g/mol. The maximum absolute atomic E-state index is 14.6. The zero-order valence-electron chi connectivity index (χ0n) is 49.7. The van der Waals surface area contributed by atoms with Crippen molar-refractivity contribution in [3.63, 3.8) is 0 Å². The van der Waals surface area contributed by atoms with Crippen LogP contribution in [0.3, 0.4) is 0 Å². The third-order valence-corrected chi connectivity index (χ3v) is 14.7. The van der Waals surface area contributed by atoms with E-state index in [0.29, 0.717) is 17.9 Å². The van der Waals surface area contributed by atoms with Crippen LogP contribution in [0, 0.1) is 11.8 Å². The number of rotatable bonds is 23. The number of fused-ring (bicyclic) bond motifs is 5. The summed E-state index contributed by atoms with van der Waals surface area (Å²) in [5.41, 5.74) is 30.4. The van der Waals surface area contributed by atoms with Gasteiger partial charge in [0.05, 0.1) is 12.2 Å². The molecular formula is C56H96N16O12. The first-order valence-electron chi connectivity index (χ1n) is 29.5. The van der Waals surface area contributed by atoms with E-state index in [1.807, 2.05) is 0 Å². The van der Waals surface area contributed by atoms with E-state index < -0.39 is 138 Å². The average molecular weight is 1190 g/mol. The van der Waals surface area contributed by atoms with Crippen molar-refractivity contribution in [2.75, 3.05) is 39.3 Å². The zero-order chi connectivity index (χ0) is 62.5. The van der Waals surface area contributed by atoms with Gasteiger partial charge < -0.3 is 91.9 Å². The van der Waals surface area contributed by atoms with Crippen LogP contribution in [-0.4, -0.2) is 177 Å². The highest BCUT2D eigenvalue weighted by Gasteiger charge is 2.40. The van der Waals surface area contributed by atoms with E-state index in [-0.39, 0.29) is 103 Å². The SMILES string of the molecule is CCC(C)CCCCC(=O)NC(CCN)C(=O)NC1C(=O)NC(CCN)C(=O)NC2CCNC(=O)C(NC(=O)C(CCN)NC(=O)C(CCN)NC(=O)C(CC(C)C)NC(=O)C(Cc3ccccc3)NC(=O)C(CCN)NC2=O)C(C)OC1C. The quantitative estimate of drug-likeness (QED) is 0.0462. The van der Waals surface area contributed by atoms with Crippen LogP contribution >= 0.6 is 0 Å². The molecule has 13 atom stereocenters. The van der Waals surface area contributed by atoms with Crippen LogP contribution in [0.2, 0.25) is 0 Å². The number of nitrogens with two attached hydrogens (primary N) is 5. The molecule has 0 radical (unpaired) electrons. The van der Waals surface area contributed by atoms with Crippen LogP contribution in [0.4, 0.5) is 0 Å². The third-order valence-electron chi connectivity index (χ3n) is 14.7. The maximum Gasteiger partial charge on any atom is 0.245 e. The Morgan fingerprint density at radius 1 is 0.571 bits per heavy atom. The van der Waals surface area contributed by atoms with Crippen molar-refractivity contribution in [2.45, 2.75) is 198 Å². The molecule has 1 aromatic carbocycles. The van der Waals surface area contributed by atoms with Crippen molar-refractivity contribution in [3.05, 3.63) is 35.9 Å². The molecule has 2 aliphatic heterocycles.